The van der Waals surface area contributed by atoms with Crippen LogP contribution in [-0.4, -0.2) is 43.5 Å². The van der Waals surface area contributed by atoms with Crippen LogP contribution in [0.5, 0.6) is 11.5 Å². The van der Waals surface area contributed by atoms with E-state index in [0.29, 0.717) is 20.3 Å². The van der Waals surface area contributed by atoms with E-state index < -0.39 is 29.2 Å². The molecule has 0 aliphatic carbocycles. The molecular weight excluding hydrogens is 393 g/mol. The first-order chi connectivity index (χ1) is 10.1. The molecule has 0 unspecified atom stereocenters. The average Bonchev–Trinajstić information content (AvgIpc) is 2.55. The van der Waals surface area contributed by atoms with E-state index in [1.54, 1.807) is 62.8 Å². The third kappa shape index (κ3) is 4.24. The SMILES string of the molecule is COc1cc[c]([Ge](=[O])[O][Ge](=[O])[c]2ccc(OC)cc2)cc1. The summed E-state index contributed by atoms with van der Waals surface area (Å²) < 4.78 is 40.9. The van der Waals surface area contributed by atoms with E-state index >= 15 is 0 Å². The molecular formula is C14H14Ge2O5. The van der Waals surface area contributed by atoms with Crippen LogP contribution in [0.4, 0.5) is 0 Å². The van der Waals surface area contributed by atoms with E-state index in [2.05, 4.69) is 0 Å². The van der Waals surface area contributed by atoms with Crippen molar-refractivity contribution in [3.8, 4) is 11.5 Å². The zero-order chi connectivity index (χ0) is 15.2. The van der Waals surface area contributed by atoms with Crippen molar-refractivity contribution in [3.63, 3.8) is 0 Å². The van der Waals surface area contributed by atoms with Crippen molar-refractivity contribution in [1.82, 2.24) is 0 Å². The quantitative estimate of drug-likeness (QED) is 0.659. The van der Waals surface area contributed by atoms with Crippen molar-refractivity contribution in [2.75, 3.05) is 14.2 Å². The molecule has 5 nitrogen and oxygen atoms in total. The van der Waals surface area contributed by atoms with Gasteiger partial charge in [-0.2, -0.15) is 0 Å². The fourth-order valence-electron chi connectivity index (χ4n) is 1.66. The van der Waals surface area contributed by atoms with E-state index in [9.17, 15) is 7.56 Å². The fraction of sp³-hybridized carbons (Fsp3) is 0.143. The minimum absolute atomic E-state index is 0.588. The van der Waals surface area contributed by atoms with Gasteiger partial charge in [0.15, 0.2) is 0 Å². The van der Waals surface area contributed by atoms with Gasteiger partial charge < -0.3 is 0 Å². The maximum absolute atomic E-state index is 12.2. The first-order valence-electron chi connectivity index (χ1n) is 6.18. The van der Waals surface area contributed by atoms with Gasteiger partial charge in [0, 0.05) is 0 Å². The number of methoxy groups -OCH3 is 2. The summed E-state index contributed by atoms with van der Waals surface area (Å²) in [6.07, 6.45) is 0. The van der Waals surface area contributed by atoms with Crippen molar-refractivity contribution in [1.29, 1.82) is 0 Å². The maximum atomic E-state index is 12.2. The molecule has 0 bridgehead atoms. The molecule has 0 saturated heterocycles. The molecule has 0 aromatic heterocycles. The Morgan fingerprint density at radius 2 is 1.00 bits per heavy atom. The van der Waals surface area contributed by atoms with Gasteiger partial charge in [0.2, 0.25) is 0 Å². The van der Waals surface area contributed by atoms with Crippen LogP contribution in [0, 0.1) is 0 Å². The Morgan fingerprint density at radius 3 is 1.29 bits per heavy atom. The molecule has 7 heteroatoms. The second-order valence-electron chi connectivity index (χ2n) is 4.13. The minimum atomic E-state index is -3.20. The Hall–Kier alpha value is -1.47. The van der Waals surface area contributed by atoms with Crippen LogP contribution < -0.4 is 18.3 Å². The van der Waals surface area contributed by atoms with Gasteiger partial charge in [0.1, 0.15) is 0 Å². The zero-order valence-electron chi connectivity index (χ0n) is 11.7. The molecule has 0 radical (unpaired) electrons. The van der Waals surface area contributed by atoms with Crippen LogP contribution in [0.3, 0.4) is 0 Å². The van der Waals surface area contributed by atoms with E-state index in [4.69, 9.17) is 12.3 Å². The van der Waals surface area contributed by atoms with Crippen LogP contribution in [0.2, 0.25) is 0 Å². The van der Waals surface area contributed by atoms with Crippen molar-refractivity contribution < 1.29 is 19.8 Å². The second kappa shape index (κ2) is 7.51. The van der Waals surface area contributed by atoms with Crippen molar-refractivity contribution in [2.45, 2.75) is 0 Å². The van der Waals surface area contributed by atoms with E-state index in [0.717, 1.165) is 0 Å². The van der Waals surface area contributed by atoms with Gasteiger partial charge >= 0.3 is 132 Å². The molecule has 0 aliphatic rings. The molecule has 2 rings (SSSR count). The van der Waals surface area contributed by atoms with Gasteiger partial charge in [-0.05, 0) is 0 Å². The predicted molar refractivity (Wildman–Crippen MR) is 79.2 cm³/mol. The van der Waals surface area contributed by atoms with Gasteiger partial charge in [0.25, 0.3) is 0 Å². The van der Waals surface area contributed by atoms with Crippen LogP contribution >= 0.6 is 0 Å². The Morgan fingerprint density at radius 1 is 0.667 bits per heavy atom. The van der Waals surface area contributed by atoms with Crippen LogP contribution in [0.15, 0.2) is 48.5 Å². The summed E-state index contributed by atoms with van der Waals surface area (Å²) in [7, 11) is 3.12. The summed E-state index contributed by atoms with van der Waals surface area (Å²) in [5.41, 5.74) is 0. The summed E-state index contributed by atoms with van der Waals surface area (Å²) in [5.74, 6) is 1.36. The Kier molecular flexibility index (Phi) is 5.69. The first kappa shape index (κ1) is 15.9. The molecule has 0 N–H and O–H groups in total. The van der Waals surface area contributed by atoms with Crippen molar-refractivity contribution in [3.05, 3.63) is 48.5 Å². The second-order valence-corrected chi connectivity index (χ2v) is 11.6. The van der Waals surface area contributed by atoms with Gasteiger partial charge in [-0.3, -0.25) is 0 Å². The predicted octanol–water partition coefficient (Wildman–Crippen LogP) is 0.672. The Bertz CT molecular complexity index is 580. The van der Waals surface area contributed by atoms with Crippen LogP contribution in [0.25, 0.3) is 0 Å². The van der Waals surface area contributed by atoms with Gasteiger partial charge in [-0.1, -0.05) is 0 Å². The fourth-order valence-corrected chi connectivity index (χ4v) is 8.75. The molecule has 0 aliphatic heterocycles. The summed E-state index contributed by atoms with van der Waals surface area (Å²) in [4.78, 5) is 0. The Balaban J connectivity index is 2.05. The number of hydrogen-bond acceptors (Lipinski definition) is 5. The van der Waals surface area contributed by atoms with Gasteiger partial charge in [-0.25, -0.2) is 0 Å². The van der Waals surface area contributed by atoms with E-state index in [-0.39, 0.29) is 0 Å². The molecule has 2 aromatic carbocycles. The molecule has 0 heterocycles. The standard InChI is InChI=1S/C14H14Ge2O5/c1-19-13-7-3-11(4-8-13)15(17)21-16(18)12-5-9-14(20-2)10-6-12/h3-10H,1-2H3. The molecule has 21 heavy (non-hydrogen) atoms. The molecule has 0 amide bonds. The topological polar surface area (TPSA) is 61.8 Å². The van der Waals surface area contributed by atoms with E-state index in [1.807, 2.05) is 0 Å². The molecule has 0 saturated carbocycles. The van der Waals surface area contributed by atoms with Crippen molar-refractivity contribution in [2.24, 2.45) is 0 Å². The molecule has 108 valence electrons. The summed E-state index contributed by atoms with van der Waals surface area (Å²) >= 11 is -6.41. The zero-order valence-corrected chi connectivity index (χ0v) is 15.9. The number of benzene rings is 2. The number of hydrogen-bond donors (Lipinski definition) is 0. The average molecular weight is 407 g/mol. The number of ether oxygens (including phenoxy) is 2. The monoisotopic (exact) mass is 410 g/mol. The molecule has 0 atom stereocenters. The number of rotatable bonds is 6. The summed E-state index contributed by atoms with van der Waals surface area (Å²) in [6.45, 7) is 0. The summed E-state index contributed by atoms with van der Waals surface area (Å²) in [5, 5.41) is 0. The first-order valence-corrected chi connectivity index (χ1v) is 11.7. The molecule has 2 aromatic rings. The third-order valence-corrected chi connectivity index (χ3v) is 11.0. The van der Waals surface area contributed by atoms with Crippen LogP contribution in [0.1, 0.15) is 0 Å². The Labute approximate surface area is 132 Å². The van der Waals surface area contributed by atoms with Gasteiger partial charge in [0.05, 0.1) is 0 Å². The normalized spacial score (nSPS) is 9.81. The van der Waals surface area contributed by atoms with Crippen molar-refractivity contribution >= 4 is 38.0 Å². The van der Waals surface area contributed by atoms with Gasteiger partial charge in [-0.15, -0.1) is 0 Å². The van der Waals surface area contributed by atoms with E-state index in [1.165, 1.54) is 0 Å². The molecule has 0 fully saturated rings. The molecule has 0 spiro atoms. The third-order valence-electron chi connectivity index (χ3n) is 2.84. The summed E-state index contributed by atoms with van der Waals surface area (Å²) in [6, 6.07) is 13.6. The van der Waals surface area contributed by atoms with Crippen LogP contribution in [-0.2, 0) is 10.3 Å².